The lowest BCUT2D eigenvalue weighted by molar-refractivity contribution is 0.0916. The fourth-order valence-corrected chi connectivity index (χ4v) is 1.94. The summed E-state index contributed by atoms with van der Waals surface area (Å²) in [5.41, 5.74) is 2.45. The maximum atomic E-state index is 12.0. The zero-order valence-corrected chi connectivity index (χ0v) is 12.2. The van der Waals surface area contributed by atoms with Gasteiger partial charge in [-0.2, -0.15) is 0 Å². The Bertz CT molecular complexity index is 590. The molecule has 0 radical (unpaired) electrons. The first-order chi connectivity index (χ1) is 10.1. The highest BCUT2D eigenvalue weighted by molar-refractivity contribution is 5.94. The quantitative estimate of drug-likeness (QED) is 0.887. The number of aliphatic hydroxyl groups is 1. The number of hydrogen-bond donors (Lipinski definition) is 2. The lowest BCUT2D eigenvalue weighted by atomic mass is 10.1. The molecule has 21 heavy (non-hydrogen) atoms. The molecule has 0 bridgehead atoms. The third-order valence-electron chi connectivity index (χ3n) is 3.27. The van der Waals surface area contributed by atoms with Crippen LogP contribution in [-0.2, 0) is 0 Å². The number of nitrogens with one attached hydrogen (secondary N) is 1. The van der Waals surface area contributed by atoms with Crippen molar-refractivity contribution < 1.29 is 14.6 Å². The molecule has 0 saturated carbocycles. The van der Waals surface area contributed by atoms with E-state index in [4.69, 9.17) is 4.74 Å². The first kappa shape index (κ1) is 15.1. The molecule has 1 atom stereocenters. The van der Waals surface area contributed by atoms with Gasteiger partial charge in [0.25, 0.3) is 5.91 Å². The Morgan fingerprint density at radius 3 is 2.33 bits per heavy atom. The van der Waals surface area contributed by atoms with Gasteiger partial charge in [-0.05, 0) is 36.8 Å². The summed E-state index contributed by atoms with van der Waals surface area (Å²) in [7, 11) is 1.58. The Morgan fingerprint density at radius 1 is 1.14 bits per heavy atom. The number of hydrogen-bond acceptors (Lipinski definition) is 3. The molecule has 0 heterocycles. The molecular formula is C17H19NO3. The van der Waals surface area contributed by atoms with Crippen molar-refractivity contribution in [1.82, 2.24) is 5.32 Å². The Morgan fingerprint density at radius 2 is 1.76 bits per heavy atom. The van der Waals surface area contributed by atoms with Crippen LogP contribution in [0.1, 0.15) is 27.6 Å². The van der Waals surface area contributed by atoms with Gasteiger partial charge >= 0.3 is 0 Å². The van der Waals surface area contributed by atoms with Crippen LogP contribution in [0.4, 0.5) is 0 Å². The lowest BCUT2D eigenvalue weighted by Gasteiger charge is -2.12. The molecular weight excluding hydrogens is 266 g/mol. The van der Waals surface area contributed by atoms with Gasteiger partial charge in [0.15, 0.2) is 0 Å². The maximum absolute atomic E-state index is 12.0. The van der Waals surface area contributed by atoms with Crippen LogP contribution in [0.25, 0.3) is 0 Å². The third kappa shape index (κ3) is 4.07. The van der Waals surface area contributed by atoms with Crippen LogP contribution < -0.4 is 10.1 Å². The first-order valence-corrected chi connectivity index (χ1v) is 6.77. The summed E-state index contributed by atoms with van der Waals surface area (Å²) >= 11 is 0. The predicted octanol–water partition coefficient (Wildman–Crippen LogP) is 2.47. The Hall–Kier alpha value is -2.33. The average molecular weight is 285 g/mol. The molecule has 0 spiro atoms. The van der Waals surface area contributed by atoms with Crippen molar-refractivity contribution in [3.8, 4) is 5.75 Å². The zero-order valence-electron chi connectivity index (χ0n) is 12.2. The van der Waals surface area contributed by atoms with Crippen molar-refractivity contribution in [2.24, 2.45) is 0 Å². The largest absolute Gasteiger partial charge is 0.497 e. The van der Waals surface area contributed by atoms with Crippen LogP contribution in [0.2, 0.25) is 0 Å². The molecule has 2 aromatic carbocycles. The number of carbonyl (C=O) groups excluding carboxylic acids is 1. The molecule has 2 rings (SSSR count). The van der Waals surface area contributed by atoms with Crippen molar-refractivity contribution in [2.45, 2.75) is 13.0 Å². The van der Waals surface area contributed by atoms with Crippen LogP contribution in [0.5, 0.6) is 5.75 Å². The fourth-order valence-electron chi connectivity index (χ4n) is 1.94. The van der Waals surface area contributed by atoms with Crippen LogP contribution in [-0.4, -0.2) is 24.7 Å². The van der Waals surface area contributed by atoms with E-state index in [1.54, 1.807) is 31.4 Å². The highest BCUT2D eigenvalue weighted by Gasteiger charge is 2.10. The SMILES string of the molecule is COc1ccc(C(=O)NC[C@H](O)c2ccc(C)cc2)cc1. The van der Waals surface area contributed by atoms with Gasteiger partial charge in [-0.3, -0.25) is 4.79 Å². The lowest BCUT2D eigenvalue weighted by Crippen LogP contribution is -2.28. The number of aryl methyl sites for hydroxylation is 1. The minimum absolute atomic E-state index is 0.175. The molecule has 4 heteroatoms. The predicted molar refractivity (Wildman–Crippen MR) is 81.5 cm³/mol. The van der Waals surface area contributed by atoms with Crippen molar-refractivity contribution in [3.63, 3.8) is 0 Å². The molecule has 0 aliphatic rings. The van der Waals surface area contributed by atoms with Gasteiger partial charge in [0.1, 0.15) is 5.75 Å². The summed E-state index contributed by atoms with van der Waals surface area (Å²) < 4.78 is 5.04. The van der Waals surface area contributed by atoms with Crippen LogP contribution in [0.3, 0.4) is 0 Å². The van der Waals surface area contributed by atoms with Gasteiger partial charge in [-0.1, -0.05) is 29.8 Å². The Balaban J connectivity index is 1.92. The highest BCUT2D eigenvalue weighted by Crippen LogP contribution is 2.14. The van der Waals surface area contributed by atoms with E-state index in [9.17, 15) is 9.90 Å². The molecule has 110 valence electrons. The molecule has 0 saturated heterocycles. The summed E-state index contributed by atoms with van der Waals surface area (Å²) in [6, 6.07) is 14.4. The second-order valence-electron chi connectivity index (χ2n) is 4.87. The summed E-state index contributed by atoms with van der Waals surface area (Å²) in [6.45, 7) is 2.16. The number of amides is 1. The van der Waals surface area contributed by atoms with E-state index in [-0.39, 0.29) is 12.5 Å². The number of ether oxygens (including phenoxy) is 1. The maximum Gasteiger partial charge on any atom is 0.251 e. The molecule has 0 aliphatic carbocycles. The molecule has 4 nitrogen and oxygen atoms in total. The van der Waals surface area contributed by atoms with Gasteiger partial charge < -0.3 is 15.2 Å². The van der Waals surface area contributed by atoms with E-state index >= 15 is 0 Å². The monoisotopic (exact) mass is 285 g/mol. The number of benzene rings is 2. The normalized spacial score (nSPS) is 11.8. The van der Waals surface area contributed by atoms with E-state index in [0.717, 1.165) is 11.1 Å². The van der Waals surface area contributed by atoms with E-state index in [1.165, 1.54) is 0 Å². The summed E-state index contributed by atoms with van der Waals surface area (Å²) in [6.07, 6.45) is -0.715. The highest BCUT2D eigenvalue weighted by atomic mass is 16.5. The smallest absolute Gasteiger partial charge is 0.251 e. The number of aliphatic hydroxyl groups excluding tert-OH is 1. The zero-order chi connectivity index (χ0) is 15.2. The van der Waals surface area contributed by atoms with Crippen LogP contribution in [0, 0.1) is 6.92 Å². The number of methoxy groups -OCH3 is 1. The minimum atomic E-state index is -0.715. The van der Waals surface area contributed by atoms with Crippen molar-refractivity contribution in [3.05, 3.63) is 65.2 Å². The number of carbonyl (C=O) groups is 1. The van der Waals surface area contributed by atoms with Gasteiger partial charge in [0.2, 0.25) is 0 Å². The van der Waals surface area contributed by atoms with Crippen LogP contribution >= 0.6 is 0 Å². The fraction of sp³-hybridized carbons (Fsp3) is 0.235. The molecule has 0 fully saturated rings. The van der Waals surface area contributed by atoms with E-state index < -0.39 is 6.10 Å². The van der Waals surface area contributed by atoms with E-state index in [2.05, 4.69) is 5.32 Å². The summed E-state index contributed by atoms with van der Waals surface area (Å²) in [5, 5.41) is 12.8. The standard InChI is InChI=1S/C17H19NO3/c1-12-3-5-13(6-4-12)16(19)11-18-17(20)14-7-9-15(21-2)10-8-14/h3-10,16,19H,11H2,1-2H3,(H,18,20)/t16-/m0/s1. The van der Waals surface area contributed by atoms with Crippen molar-refractivity contribution in [1.29, 1.82) is 0 Å². The van der Waals surface area contributed by atoms with Gasteiger partial charge in [-0.15, -0.1) is 0 Å². The molecule has 2 aromatic rings. The Kier molecular flexibility index (Phi) is 4.95. The third-order valence-corrected chi connectivity index (χ3v) is 3.27. The second-order valence-corrected chi connectivity index (χ2v) is 4.87. The van der Waals surface area contributed by atoms with Crippen molar-refractivity contribution in [2.75, 3.05) is 13.7 Å². The van der Waals surface area contributed by atoms with Crippen molar-refractivity contribution >= 4 is 5.91 Å². The minimum Gasteiger partial charge on any atom is -0.497 e. The molecule has 2 N–H and O–H groups in total. The summed E-state index contributed by atoms with van der Waals surface area (Å²) in [4.78, 5) is 12.0. The molecule has 0 aliphatic heterocycles. The summed E-state index contributed by atoms with van der Waals surface area (Å²) in [5.74, 6) is 0.482. The van der Waals surface area contributed by atoms with Gasteiger partial charge in [-0.25, -0.2) is 0 Å². The number of rotatable bonds is 5. The topological polar surface area (TPSA) is 58.6 Å². The van der Waals surface area contributed by atoms with E-state index in [1.807, 2.05) is 31.2 Å². The van der Waals surface area contributed by atoms with Gasteiger partial charge in [0, 0.05) is 12.1 Å². The second kappa shape index (κ2) is 6.90. The molecule has 0 unspecified atom stereocenters. The Labute approximate surface area is 124 Å². The molecule has 0 aromatic heterocycles. The molecule has 1 amide bonds. The van der Waals surface area contributed by atoms with Crippen LogP contribution in [0.15, 0.2) is 48.5 Å². The average Bonchev–Trinajstić information content (AvgIpc) is 2.53. The van der Waals surface area contributed by atoms with E-state index in [0.29, 0.717) is 11.3 Å². The van der Waals surface area contributed by atoms with Gasteiger partial charge in [0.05, 0.1) is 13.2 Å². The first-order valence-electron chi connectivity index (χ1n) is 6.77.